The van der Waals surface area contributed by atoms with E-state index in [1.165, 1.54) is 24.7 Å². The van der Waals surface area contributed by atoms with Crippen molar-refractivity contribution in [2.45, 2.75) is 44.0 Å². The fraction of sp³-hybridized carbons (Fsp3) is 0.429. The Balaban J connectivity index is 1.74. The molecule has 4 heteroatoms. The van der Waals surface area contributed by atoms with Crippen LogP contribution in [0.15, 0.2) is 47.4 Å². The summed E-state index contributed by atoms with van der Waals surface area (Å²) in [6.45, 7) is 5.30. The van der Waals surface area contributed by atoms with Crippen molar-refractivity contribution < 1.29 is 8.42 Å². The van der Waals surface area contributed by atoms with Crippen molar-refractivity contribution in [1.82, 2.24) is 5.32 Å². The van der Waals surface area contributed by atoms with E-state index in [1.807, 2.05) is 19.1 Å². The lowest BCUT2D eigenvalue weighted by Crippen LogP contribution is -2.26. The molecular weight excluding hydrogens is 330 g/mol. The SMILES string of the molecule is Cc1ccc(-c2ccc(CCC3NCCC3C)cc2)cc1S(C)(=O)=O. The summed E-state index contributed by atoms with van der Waals surface area (Å²) in [4.78, 5) is 0.412. The molecule has 0 aliphatic carbocycles. The lowest BCUT2D eigenvalue weighted by atomic mass is 9.95. The maximum Gasteiger partial charge on any atom is 0.175 e. The number of hydrogen-bond donors (Lipinski definition) is 1. The fourth-order valence-corrected chi connectivity index (χ4v) is 4.64. The number of rotatable bonds is 5. The molecule has 2 unspecified atom stereocenters. The third-order valence-corrected chi connectivity index (χ3v) is 6.55. The highest BCUT2D eigenvalue weighted by Crippen LogP contribution is 2.26. The first-order valence-corrected chi connectivity index (χ1v) is 10.9. The van der Waals surface area contributed by atoms with E-state index in [9.17, 15) is 8.42 Å². The molecule has 1 N–H and O–H groups in total. The Bertz CT molecular complexity index is 841. The molecule has 0 aromatic heterocycles. The van der Waals surface area contributed by atoms with Crippen LogP contribution in [0.25, 0.3) is 11.1 Å². The number of nitrogens with one attached hydrogen (secondary N) is 1. The molecule has 1 heterocycles. The second-order valence-corrected chi connectivity index (χ2v) is 9.30. The molecule has 3 nitrogen and oxygen atoms in total. The van der Waals surface area contributed by atoms with E-state index in [0.717, 1.165) is 35.6 Å². The van der Waals surface area contributed by atoms with Gasteiger partial charge in [-0.1, -0.05) is 43.3 Å². The van der Waals surface area contributed by atoms with Gasteiger partial charge in [0, 0.05) is 12.3 Å². The van der Waals surface area contributed by atoms with Gasteiger partial charge in [0.15, 0.2) is 9.84 Å². The number of aryl methyl sites for hydroxylation is 2. The lowest BCUT2D eigenvalue weighted by molar-refractivity contribution is 0.453. The molecule has 1 saturated heterocycles. The van der Waals surface area contributed by atoms with Gasteiger partial charge in [-0.25, -0.2) is 8.42 Å². The Labute approximate surface area is 151 Å². The van der Waals surface area contributed by atoms with Crippen LogP contribution in [0.2, 0.25) is 0 Å². The maximum absolute atomic E-state index is 11.9. The summed E-state index contributed by atoms with van der Waals surface area (Å²) in [5.41, 5.74) is 4.13. The van der Waals surface area contributed by atoms with Crippen molar-refractivity contribution in [3.8, 4) is 11.1 Å². The average Bonchev–Trinajstić information content (AvgIpc) is 2.98. The zero-order valence-electron chi connectivity index (χ0n) is 15.2. The van der Waals surface area contributed by atoms with Crippen molar-refractivity contribution in [2.24, 2.45) is 5.92 Å². The van der Waals surface area contributed by atoms with Crippen molar-refractivity contribution in [3.05, 3.63) is 53.6 Å². The maximum atomic E-state index is 11.9. The Morgan fingerprint density at radius 3 is 2.36 bits per heavy atom. The van der Waals surface area contributed by atoms with E-state index < -0.39 is 9.84 Å². The normalized spacial score (nSPS) is 20.8. The van der Waals surface area contributed by atoms with Crippen LogP contribution in [0, 0.1) is 12.8 Å². The predicted octanol–water partition coefficient (Wildman–Crippen LogP) is 4.00. The third kappa shape index (κ3) is 4.31. The van der Waals surface area contributed by atoms with Crippen LogP contribution in [-0.4, -0.2) is 27.3 Å². The highest BCUT2D eigenvalue weighted by Gasteiger charge is 2.21. The van der Waals surface area contributed by atoms with Crippen LogP contribution < -0.4 is 5.32 Å². The first kappa shape index (κ1) is 18.2. The van der Waals surface area contributed by atoms with E-state index in [1.54, 1.807) is 6.07 Å². The van der Waals surface area contributed by atoms with Crippen LogP contribution in [0.5, 0.6) is 0 Å². The van der Waals surface area contributed by atoms with Gasteiger partial charge in [-0.3, -0.25) is 0 Å². The predicted molar refractivity (Wildman–Crippen MR) is 104 cm³/mol. The number of sulfone groups is 1. The van der Waals surface area contributed by atoms with E-state index >= 15 is 0 Å². The summed E-state index contributed by atoms with van der Waals surface area (Å²) in [7, 11) is -3.20. The molecule has 1 aliphatic heterocycles. The molecule has 0 bridgehead atoms. The second-order valence-electron chi connectivity index (χ2n) is 7.31. The van der Waals surface area contributed by atoms with Gasteiger partial charge >= 0.3 is 0 Å². The molecule has 3 rings (SSSR count). The van der Waals surface area contributed by atoms with Gasteiger partial charge in [-0.15, -0.1) is 0 Å². The first-order valence-electron chi connectivity index (χ1n) is 8.98. The molecule has 2 aromatic carbocycles. The van der Waals surface area contributed by atoms with Gasteiger partial charge in [0.25, 0.3) is 0 Å². The minimum atomic E-state index is -3.20. The van der Waals surface area contributed by atoms with Crippen LogP contribution in [0.4, 0.5) is 0 Å². The topological polar surface area (TPSA) is 46.2 Å². The monoisotopic (exact) mass is 357 g/mol. The highest BCUT2D eigenvalue weighted by atomic mass is 32.2. The second kappa shape index (κ2) is 7.30. The van der Waals surface area contributed by atoms with Crippen LogP contribution in [-0.2, 0) is 16.3 Å². The molecule has 0 amide bonds. The highest BCUT2D eigenvalue weighted by molar-refractivity contribution is 7.90. The number of benzene rings is 2. The van der Waals surface area contributed by atoms with Crippen LogP contribution in [0.3, 0.4) is 0 Å². The smallest absolute Gasteiger partial charge is 0.175 e. The molecule has 0 radical (unpaired) electrons. The van der Waals surface area contributed by atoms with Gasteiger partial charge in [0.1, 0.15) is 0 Å². The van der Waals surface area contributed by atoms with Gasteiger partial charge in [-0.2, -0.15) is 0 Å². The van der Waals surface area contributed by atoms with Gasteiger partial charge in [0.05, 0.1) is 4.90 Å². The Hall–Kier alpha value is -1.65. The molecule has 0 spiro atoms. The van der Waals surface area contributed by atoms with Crippen molar-refractivity contribution in [3.63, 3.8) is 0 Å². The van der Waals surface area contributed by atoms with Gasteiger partial charge in [0.2, 0.25) is 0 Å². The van der Waals surface area contributed by atoms with Crippen LogP contribution in [0.1, 0.15) is 30.9 Å². The summed E-state index contributed by atoms with van der Waals surface area (Å²) in [5.74, 6) is 0.765. The first-order chi connectivity index (χ1) is 11.8. The van der Waals surface area contributed by atoms with Crippen LogP contribution >= 0.6 is 0 Å². The zero-order valence-corrected chi connectivity index (χ0v) is 16.1. The van der Waals surface area contributed by atoms with Crippen molar-refractivity contribution in [2.75, 3.05) is 12.8 Å². The zero-order chi connectivity index (χ0) is 18.0. The summed E-state index contributed by atoms with van der Waals surface area (Å²) < 4.78 is 23.8. The lowest BCUT2D eigenvalue weighted by Gasteiger charge is -2.15. The van der Waals surface area contributed by atoms with Gasteiger partial charge in [-0.05, 0) is 67.0 Å². The van der Waals surface area contributed by atoms with Crippen molar-refractivity contribution in [1.29, 1.82) is 0 Å². The Morgan fingerprint density at radius 1 is 1.08 bits per heavy atom. The molecule has 2 aromatic rings. The minimum Gasteiger partial charge on any atom is -0.314 e. The van der Waals surface area contributed by atoms with E-state index in [4.69, 9.17) is 0 Å². The molecule has 1 fully saturated rings. The molecule has 134 valence electrons. The Morgan fingerprint density at radius 2 is 1.76 bits per heavy atom. The fourth-order valence-electron chi connectivity index (χ4n) is 3.65. The van der Waals surface area contributed by atoms with E-state index in [0.29, 0.717) is 10.9 Å². The molecule has 2 atom stereocenters. The van der Waals surface area contributed by atoms with E-state index in [-0.39, 0.29) is 0 Å². The molecular formula is C21H27NO2S. The van der Waals surface area contributed by atoms with E-state index in [2.05, 4.69) is 36.5 Å². The minimum absolute atomic E-state index is 0.412. The molecule has 0 saturated carbocycles. The standard InChI is InChI=1S/C21H27NO2S/c1-15-12-13-22-20(15)11-7-17-5-9-18(10-6-17)19-8-4-16(2)21(14-19)25(3,23)24/h4-6,8-10,14-15,20,22H,7,11-13H2,1-3H3. The quantitative estimate of drug-likeness (QED) is 0.880. The summed E-state index contributed by atoms with van der Waals surface area (Å²) in [5, 5.41) is 3.58. The summed E-state index contributed by atoms with van der Waals surface area (Å²) in [6.07, 6.45) is 4.79. The third-order valence-electron chi connectivity index (χ3n) is 5.31. The number of hydrogen-bond acceptors (Lipinski definition) is 3. The molecule has 25 heavy (non-hydrogen) atoms. The van der Waals surface area contributed by atoms with Gasteiger partial charge < -0.3 is 5.32 Å². The Kier molecular flexibility index (Phi) is 5.30. The average molecular weight is 358 g/mol. The largest absolute Gasteiger partial charge is 0.314 e. The molecule has 1 aliphatic rings. The summed E-state index contributed by atoms with van der Waals surface area (Å²) >= 11 is 0. The van der Waals surface area contributed by atoms with Crippen molar-refractivity contribution >= 4 is 9.84 Å². The summed E-state index contributed by atoms with van der Waals surface area (Å²) in [6, 6.07) is 14.8.